The van der Waals surface area contributed by atoms with E-state index in [4.69, 9.17) is 5.84 Å². The molecule has 0 heterocycles. The van der Waals surface area contributed by atoms with Crippen molar-refractivity contribution in [1.82, 2.24) is 16.5 Å². The molecular formula is C16H38N4. The van der Waals surface area contributed by atoms with E-state index in [0.29, 0.717) is 0 Å². The van der Waals surface area contributed by atoms with Crippen LogP contribution in [0.2, 0.25) is 0 Å². The molecule has 0 saturated carbocycles. The molecule has 0 rings (SSSR count). The summed E-state index contributed by atoms with van der Waals surface area (Å²) in [4.78, 5) is 0. The summed E-state index contributed by atoms with van der Waals surface area (Å²) in [6.07, 6.45) is 19.7. The van der Waals surface area contributed by atoms with Gasteiger partial charge in [0.25, 0.3) is 0 Å². The zero-order valence-corrected chi connectivity index (χ0v) is 13.7. The molecule has 0 aromatic carbocycles. The van der Waals surface area contributed by atoms with Gasteiger partial charge in [-0.2, -0.15) is 11.1 Å². The molecule has 122 valence electrons. The summed E-state index contributed by atoms with van der Waals surface area (Å²) in [6, 6.07) is 0. The van der Waals surface area contributed by atoms with E-state index in [1.54, 1.807) is 0 Å². The van der Waals surface area contributed by atoms with Crippen LogP contribution in [-0.2, 0) is 0 Å². The van der Waals surface area contributed by atoms with Crippen molar-refractivity contribution < 1.29 is 0 Å². The van der Waals surface area contributed by atoms with Crippen LogP contribution in [0.4, 0.5) is 0 Å². The maximum atomic E-state index is 5.07. The maximum absolute atomic E-state index is 5.07. The lowest BCUT2D eigenvalue weighted by Gasteiger charge is -2.05. The van der Waals surface area contributed by atoms with Crippen LogP contribution >= 0.6 is 0 Å². The van der Waals surface area contributed by atoms with Gasteiger partial charge in [0.15, 0.2) is 0 Å². The first-order valence-electron chi connectivity index (χ1n) is 8.85. The highest BCUT2D eigenvalue weighted by molar-refractivity contribution is 4.49. The molecule has 0 aliphatic carbocycles. The summed E-state index contributed by atoms with van der Waals surface area (Å²) in [5.41, 5.74) is 8.02. The fourth-order valence-electron chi connectivity index (χ4n) is 2.52. The fourth-order valence-corrected chi connectivity index (χ4v) is 2.52. The van der Waals surface area contributed by atoms with Crippen molar-refractivity contribution in [2.75, 3.05) is 6.54 Å². The highest BCUT2D eigenvalue weighted by atomic mass is 15.7. The first-order valence-corrected chi connectivity index (χ1v) is 8.85. The lowest BCUT2D eigenvalue weighted by atomic mass is 10.0. The Morgan fingerprint density at radius 3 is 1.40 bits per heavy atom. The minimum Gasteiger partial charge on any atom is -0.257 e. The summed E-state index contributed by atoms with van der Waals surface area (Å²) in [5, 5.41) is 0. The Balaban J connectivity index is 2.89. The van der Waals surface area contributed by atoms with Gasteiger partial charge in [-0.3, -0.25) is 5.84 Å². The number of nitrogens with one attached hydrogen (secondary N) is 3. The molecule has 0 aromatic heterocycles. The third kappa shape index (κ3) is 17.8. The lowest BCUT2D eigenvalue weighted by molar-refractivity contribution is 0.431. The molecule has 0 unspecified atom stereocenters. The molecule has 4 heteroatoms. The van der Waals surface area contributed by atoms with Crippen LogP contribution in [-0.4, -0.2) is 6.54 Å². The first-order chi connectivity index (χ1) is 9.91. The van der Waals surface area contributed by atoms with Gasteiger partial charge in [-0.25, -0.2) is 5.43 Å². The molecule has 0 spiro atoms. The van der Waals surface area contributed by atoms with Crippen LogP contribution in [0.25, 0.3) is 0 Å². The van der Waals surface area contributed by atoms with Crippen LogP contribution in [0.5, 0.6) is 0 Å². The van der Waals surface area contributed by atoms with Crippen molar-refractivity contribution in [3.63, 3.8) is 0 Å². The summed E-state index contributed by atoms with van der Waals surface area (Å²) < 4.78 is 0. The van der Waals surface area contributed by atoms with E-state index < -0.39 is 0 Å². The SMILES string of the molecule is CCCCCCCCCCCCCCCCNNNN. The predicted molar refractivity (Wildman–Crippen MR) is 88.8 cm³/mol. The molecule has 0 fully saturated rings. The van der Waals surface area contributed by atoms with E-state index in [9.17, 15) is 0 Å². The normalized spacial score (nSPS) is 11.1. The van der Waals surface area contributed by atoms with E-state index in [2.05, 4.69) is 23.4 Å². The first kappa shape index (κ1) is 19.8. The third-order valence-corrected chi connectivity index (χ3v) is 3.82. The van der Waals surface area contributed by atoms with Crippen molar-refractivity contribution in [2.45, 2.75) is 96.8 Å². The maximum Gasteiger partial charge on any atom is 0.0113 e. The molecule has 5 N–H and O–H groups in total. The van der Waals surface area contributed by atoms with Crippen molar-refractivity contribution in [1.29, 1.82) is 0 Å². The molecule has 4 nitrogen and oxygen atoms in total. The van der Waals surface area contributed by atoms with Gasteiger partial charge >= 0.3 is 0 Å². The molecule has 0 aliphatic heterocycles. The van der Waals surface area contributed by atoms with Gasteiger partial charge < -0.3 is 0 Å². The summed E-state index contributed by atoms with van der Waals surface area (Å²) in [5.74, 6) is 5.07. The van der Waals surface area contributed by atoms with Gasteiger partial charge in [0.2, 0.25) is 0 Å². The monoisotopic (exact) mass is 286 g/mol. The van der Waals surface area contributed by atoms with Crippen LogP contribution in [0.1, 0.15) is 96.8 Å². The van der Waals surface area contributed by atoms with E-state index >= 15 is 0 Å². The number of hydrogen-bond donors (Lipinski definition) is 4. The second kappa shape index (κ2) is 18.8. The van der Waals surface area contributed by atoms with E-state index in [1.165, 1.54) is 89.9 Å². The van der Waals surface area contributed by atoms with Crippen LogP contribution in [0.3, 0.4) is 0 Å². The van der Waals surface area contributed by atoms with E-state index in [-0.39, 0.29) is 0 Å². The zero-order valence-electron chi connectivity index (χ0n) is 13.7. The largest absolute Gasteiger partial charge is 0.257 e. The molecule has 0 amide bonds. The van der Waals surface area contributed by atoms with Crippen LogP contribution in [0.15, 0.2) is 0 Å². The summed E-state index contributed by atoms with van der Waals surface area (Å²) >= 11 is 0. The fraction of sp³-hybridized carbons (Fsp3) is 1.00. The number of unbranched alkanes of at least 4 members (excludes halogenated alkanes) is 13. The minimum absolute atomic E-state index is 0.974. The Hall–Kier alpha value is -0.160. The smallest absolute Gasteiger partial charge is 0.0113 e. The van der Waals surface area contributed by atoms with Gasteiger partial charge in [-0.15, -0.1) is 0 Å². The molecule has 0 saturated heterocycles. The molecule has 0 atom stereocenters. The van der Waals surface area contributed by atoms with Crippen molar-refractivity contribution in [2.24, 2.45) is 5.84 Å². The number of hydrazine groups is 3. The van der Waals surface area contributed by atoms with Gasteiger partial charge in [0.05, 0.1) is 0 Å². The third-order valence-electron chi connectivity index (χ3n) is 3.82. The van der Waals surface area contributed by atoms with Crippen molar-refractivity contribution in [3.8, 4) is 0 Å². The Morgan fingerprint density at radius 1 is 0.600 bits per heavy atom. The average Bonchev–Trinajstić information content (AvgIpc) is 2.47. The van der Waals surface area contributed by atoms with E-state index in [0.717, 1.165) is 6.54 Å². The average molecular weight is 287 g/mol. The number of rotatable bonds is 17. The van der Waals surface area contributed by atoms with Gasteiger partial charge in [0, 0.05) is 6.54 Å². The van der Waals surface area contributed by atoms with Crippen LogP contribution in [0, 0.1) is 0 Å². The molecule has 20 heavy (non-hydrogen) atoms. The Morgan fingerprint density at radius 2 is 1.00 bits per heavy atom. The number of nitrogens with two attached hydrogens (primary N) is 1. The van der Waals surface area contributed by atoms with Crippen LogP contribution < -0.4 is 22.3 Å². The standard InChI is InChI=1S/C16H38N4/c1-2-3-4-5-6-7-8-9-10-11-12-13-14-15-16-18-20-19-17/h18-20H,2-17H2,1H3. The quantitative estimate of drug-likeness (QED) is 0.186. The van der Waals surface area contributed by atoms with Gasteiger partial charge in [0.1, 0.15) is 0 Å². The second-order valence-corrected chi connectivity index (χ2v) is 5.79. The number of hydrogen-bond acceptors (Lipinski definition) is 4. The van der Waals surface area contributed by atoms with Gasteiger partial charge in [-0.05, 0) is 6.42 Å². The molecule has 0 radical (unpaired) electrons. The van der Waals surface area contributed by atoms with Crippen molar-refractivity contribution >= 4 is 0 Å². The highest BCUT2D eigenvalue weighted by Gasteiger charge is 1.93. The topological polar surface area (TPSA) is 62.1 Å². The zero-order chi connectivity index (χ0) is 14.7. The molecule has 0 aromatic rings. The highest BCUT2D eigenvalue weighted by Crippen LogP contribution is 2.12. The Kier molecular flexibility index (Phi) is 18.7. The minimum atomic E-state index is 0.974. The summed E-state index contributed by atoms with van der Waals surface area (Å²) in [6.45, 7) is 3.26. The van der Waals surface area contributed by atoms with E-state index in [1.807, 2.05) is 0 Å². The summed E-state index contributed by atoms with van der Waals surface area (Å²) in [7, 11) is 0. The van der Waals surface area contributed by atoms with Gasteiger partial charge in [-0.1, -0.05) is 90.4 Å². The van der Waals surface area contributed by atoms with Crippen molar-refractivity contribution in [3.05, 3.63) is 0 Å². The Labute approximate surface area is 126 Å². The molecule has 0 bridgehead atoms. The Bertz CT molecular complexity index is 147. The molecule has 0 aliphatic rings. The lowest BCUT2D eigenvalue weighted by Crippen LogP contribution is -2.47. The molecular weight excluding hydrogens is 248 g/mol. The predicted octanol–water partition coefficient (Wildman–Crippen LogP) is 3.94. The second-order valence-electron chi connectivity index (χ2n) is 5.79.